The highest BCUT2D eigenvalue weighted by molar-refractivity contribution is 7.97. The molecule has 0 saturated carbocycles. The third-order valence-electron chi connectivity index (χ3n) is 4.08. The van der Waals surface area contributed by atoms with Crippen LogP contribution in [0.5, 0.6) is 0 Å². The second-order valence-electron chi connectivity index (χ2n) is 5.72. The van der Waals surface area contributed by atoms with Gasteiger partial charge in [-0.3, -0.25) is 15.0 Å². The fourth-order valence-electron chi connectivity index (χ4n) is 2.88. The zero-order valence-corrected chi connectivity index (χ0v) is 14.7. The minimum Gasteiger partial charge on any atom is -0.451 e. The zero-order chi connectivity index (χ0) is 18.1. The lowest BCUT2D eigenvalue weighted by molar-refractivity contribution is 0.0982. The number of hydrogen-bond donors (Lipinski definition) is 1. The zero-order valence-electron chi connectivity index (χ0n) is 13.9. The Labute approximate surface area is 152 Å². The number of benzene rings is 2. The molecule has 0 aliphatic rings. The van der Waals surface area contributed by atoms with Gasteiger partial charge in [-0.15, -0.1) is 0 Å². The van der Waals surface area contributed by atoms with Gasteiger partial charge >= 0.3 is 5.91 Å². The Balaban J connectivity index is 1.75. The molecule has 0 bridgehead atoms. The summed E-state index contributed by atoms with van der Waals surface area (Å²) < 4.78 is 6.84. The molecule has 6 nitrogen and oxygen atoms in total. The average Bonchev–Trinajstić information content (AvgIpc) is 3.03. The first kappa shape index (κ1) is 16.4. The molecule has 0 atom stereocenters. The maximum atomic E-state index is 12.8. The number of nitrogens with one attached hydrogen (secondary N) is 1. The van der Waals surface area contributed by atoms with Gasteiger partial charge in [0, 0.05) is 16.7 Å². The van der Waals surface area contributed by atoms with Gasteiger partial charge in [0.15, 0.2) is 5.76 Å². The van der Waals surface area contributed by atoms with E-state index in [1.807, 2.05) is 30.5 Å². The number of amides is 1. The minimum absolute atomic E-state index is 0.209. The molecule has 1 amide bonds. The summed E-state index contributed by atoms with van der Waals surface area (Å²) in [5.74, 6) is 0.356. The number of carbonyl (C=O) groups excluding carboxylic acids is 1. The topological polar surface area (TPSA) is 77.1 Å². The van der Waals surface area contributed by atoms with Crippen molar-refractivity contribution in [3.05, 3.63) is 76.5 Å². The number of para-hydroxylation sites is 2. The van der Waals surface area contributed by atoms with E-state index in [4.69, 9.17) is 4.42 Å². The van der Waals surface area contributed by atoms with Gasteiger partial charge in [0.05, 0.1) is 10.9 Å². The maximum Gasteiger partial charge on any atom is 0.306 e. The van der Waals surface area contributed by atoms with Crippen LogP contribution in [0.3, 0.4) is 0 Å². The van der Waals surface area contributed by atoms with Gasteiger partial charge in [0.25, 0.3) is 5.56 Å². The van der Waals surface area contributed by atoms with E-state index in [1.54, 1.807) is 36.0 Å². The lowest BCUT2D eigenvalue weighted by Gasteiger charge is -2.08. The molecule has 0 spiro atoms. The van der Waals surface area contributed by atoms with E-state index in [9.17, 15) is 9.59 Å². The Morgan fingerprint density at radius 2 is 1.88 bits per heavy atom. The van der Waals surface area contributed by atoms with E-state index in [1.165, 1.54) is 6.33 Å². The molecule has 0 saturated heterocycles. The molecular formula is C19H15N3O3S. The van der Waals surface area contributed by atoms with Crippen molar-refractivity contribution >= 4 is 39.5 Å². The van der Waals surface area contributed by atoms with Gasteiger partial charge in [-0.1, -0.05) is 30.3 Å². The van der Waals surface area contributed by atoms with E-state index in [2.05, 4.69) is 10.4 Å². The molecule has 0 unspecified atom stereocenters. The summed E-state index contributed by atoms with van der Waals surface area (Å²) in [5.41, 5.74) is 4.27. The summed E-state index contributed by atoms with van der Waals surface area (Å²) >= 11 is 1.60. The van der Waals surface area contributed by atoms with Crippen molar-refractivity contribution < 1.29 is 9.21 Å². The van der Waals surface area contributed by atoms with E-state index in [0.717, 1.165) is 15.6 Å². The lowest BCUT2D eigenvalue weighted by Crippen LogP contribution is -2.33. The molecule has 7 heteroatoms. The second kappa shape index (κ2) is 6.68. The smallest absolute Gasteiger partial charge is 0.306 e. The molecule has 0 aliphatic heterocycles. The molecule has 2 heterocycles. The van der Waals surface area contributed by atoms with E-state index >= 15 is 0 Å². The fraction of sp³-hybridized carbons (Fsp3) is 0.105. The maximum absolute atomic E-state index is 12.8. The largest absolute Gasteiger partial charge is 0.451 e. The van der Waals surface area contributed by atoms with Crippen LogP contribution in [0.1, 0.15) is 16.1 Å². The first-order valence-electron chi connectivity index (χ1n) is 7.96. The Morgan fingerprint density at radius 3 is 2.69 bits per heavy atom. The van der Waals surface area contributed by atoms with Gasteiger partial charge in [-0.05, 0) is 24.5 Å². The second-order valence-corrected chi connectivity index (χ2v) is 6.58. The summed E-state index contributed by atoms with van der Waals surface area (Å²) in [7, 11) is 0. The van der Waals surface area contributed by atoms with Crippen LogP contribution in [0.2, 0.25) is 0 Å². The van der Waals surface area contributed by atoms with Crippen LogP contribution in [0.15, 0.2) is 64.1 Å². The molecule has 0 radical (unpaired) electrons. The number of rotatable bonds is 4. The third-order valence-corrected chi connectivity index (χ3v) is 4.66. The number of hydrogen-bond acceptors (Lipinski definition) is 5. The first-order valence-corrected chi connectivity index (χ1v) is 9.35. The minimum atomic E-state index is -0.482. The van der Waals surface area contributed by atoms with Crippen LogP contribution in [0.4, 0.5) is 0 Å². The molecule has 2 aromatic heterocycles. The summed E-state index contributed by atoms with van der Waals surface area (Å²) in [6.07, 6.45) is 3.26. The molecule has 26 heavy (non-hydrogen) atoms. The summed E-state index contributed by atoms with van der Waals surface area (Å²) in [6.45, 7) is 0. The summed E-state index contributed by atoms with van der Waals surface area (Å²) in [5, 5.41) is 1.33. The Kier molecular flexibility index (Phi) is 4.22. The Hall–Kier alpha value is -3.06. The standard InChI is InChI=1S/C19H15N3O3S/c1-26-10-14-12-6-3-5-9-16(12)25-17(14)18(23)21-22-11-20-15-8-4-2-7-13(15)19(22)24/h2-9,11H,10H2,1H3,(H,21,23). The number of aromatic nitrogens is 2. The highest BCUT2D eigenvalue weighted by Gasteiger charge is 2.20. The number of fused-ring (bicyclic) bond motifs is 2. The van der Waals surface area contributed by atoms with Gasteiger partial charge in [0.1, 0.15) is 11.9 Å². The molecular weight excluding hydrogens is 350 g/mol. The predicted molar refractivity (Wildman–Crippen MR) is 103 cm³/mol. The number of carbonyl (C=O) groups is 1. The van der Waals surface area contributed by atoms with E-state index < -0.39 is 5.91 Å². The van der Waals surface area contributed by atoms with Crippen LogP contribution in [-0.4, -0.2) is 21.8 Å². The van der Waals surface area contributed by atoms with Crippen LogP contribution < -0.4 is 11.0 Å². The van der Waals surface area contributed by atoms with Crippen LogP contribution in [0.25, 0.3) is 21.9 Å². The molecule has 1 N–H and O–H groups in total. The van der Waals surface area contributed by atoms with Crippen molar-refractivity contribution in [2.45, 2.75) is 5.75 Å². The summed E-state index contributed by atoms with van der Waals surface area (Å²) in [4.78, 5) is 29.5. The Bertz CT molecular complexity index is 1180. The van der Waals surface area contributed by atoms with Crippen molar-refractivity contribution in [2.24, 2.45) is 0 Å². The fourth-order valence-corrected chi connectivity index (χ4v) is 3.45. The number of furan rings is 1. The molecule has 0 fully saturated rings. The summed E-state index contributed by atoms with van der Waals surface area (Å²) in [6, 6.07) is 14.5. The molecule has 130 valence electrons. The van der Waals surface area contributed by atoms with Gasteiger partial charge in [-0.2, -0.15) is 11.8 Å². The van der Waals surface area contributed by atoms with Gasteiger partial charge in [-0.25, -0.2) is 9.66 Å². The lowest BCUT2D eigenvalue weighted by atomic mass is 10.1. The van der Waals surface area contributed by atoms with E-state index in [-0.39, 0.29) is 11.3 Å². The highest BCUT2D eigenvalue weighted by atomic mass is 32.2. The normalized spacial score (nSPS) is 11.1. The van der Waals surface area contributed by atoms with Crippen molar-refractivity contribution in [1.82, 2.24) is 9.66 Å². The monoisotopic (exact) mass is 365 g/mol. The quantitative estimate of drug-likeness (QED) is 0.600. The number of nitrogens with zero attached hydrogens (tertiary/aromatic N) is 2. The average molecular weight is 365 g/mol. The van der Waals surface area contributed by atoms with E-state index in [0.29, 0.717) is 22.2 Å². The number of thioether (sulfide) groups is 1. The predicted octanol–water partition coefficient (Wildman–Crippen LogP) is 3.39. The third kappa shape index (κ3) is 2.76. The van der Waals surface area contributed by atoms with Crippen molar-refractivity contribution in [3.8, 4) is 0 Å². The van der Waals surface area contributed by atoms with Gasteiger partial charge in [0.2, 0.25) is 0 Å². The van der Waals surface area contributed by atoms with Crippen molar-refractivity contribution in [2.75, 3.05) is 11.7 Å². The first-order chi connectivity index (χ1) is 12.7. The van der Waals surface area contributed by atoms with Crippen LogP contribution in [0, 0.1) is 0 Å². The molecule has 2 aromatic carbocycles. The van der Waals surface area contributed by atoms with Crippen LogP contribution >= 0.6 is 11.8 Å². The van der Waals surface area contributed by atoms with Crippen molar-refractivity contribution in [1.29, 1.82) is 0 Å². The Morgan fingerprint density at radius 1 is 1.15 bits per heavy atom. The molecule has 0 aliphatic carbocycles. The SMILES string of the molecule is CSCc1c(C(=O)Nn2cnc3ccccc3c2=O)oc2ccccc12. The molecule has 4 rings (SSSR count). The van der Waals surface area contributed by atoms with Crippen molar-refractivity contribution in [3.63, 3.8) is 0 Å². The van der Waals surface area contributed by atoms with Crippen LogP contribution in [-0.2, 0) is 5.75 Å². The highest BCUT2D eigenvalue weighted by Crippen LogP contribution is 2.28. The molecule has 4 aromatic rings. The van der Waals surface area contributed by atoms with Gasteiger partial charge < -0.3 is 4.42 Å².